The predicted octanol–water partition coefficient (Wildman–Crippen LogP) is 3.45. The lowest BCUT2D eigenvalue weighted by Crippen LogP contribution is -2.23. The Morgan fingerprint density at radius 1 is 1.41 bits per heavy atom. The van der Waals surface area contributed by atoms with Crippen LogP contribution in [-0.2, 0) is 6.54 Å². The van der Waals surface area contributed by atoms with E-state index in [2.05, 4.69) is 15.5 Å². The van der Waals surface area contributed by atoms with Crippen molar-refractivity contribution in [3.05, 3.63) is 53.2 Å². The van der Waals surface area contributed by atoms with Gasteiger partial charge >= 0.3 is 0 Å². The second kappa shape index (κ2) is 6.76. The molecule has 0 fully saturated rings. The van der Waals surface area contributed by atoms with E-state index in [1.165, 1.54) is 11.8 Å². The van der Waals surface area contributed by atoms with E-state index in [1.54, 1.807) is 29.7 Å². The molecule has 0 spiro atoms. The molecular formula is C15H13N3O2S2. The van der Waals surface area contributed by atoms with Gasteiger partial charge < -0.3 is 9.84 Å². The number of carbonyl (C=O) groups is 1. The standard InChI is InChI=1S/C15H13N3O2S2/c1-21-15-11(4-2-6-16-15)14(19)17-9-10-8-12(20-18-10)13-5-3-7-22-13/h2-8H,9H2,1H3,(H,17,19). The lowest BCUT2D eigenvalue weighted by atomic mass is 10.2. The number of carbonyl (C=O) groups excluding carboxylic acids is 1. The lowest BCUT2D eigenvalue weighted by Gasteiger charge is -2.05. The average molecular weight is 331 g/mol. The summed E-state index contributed by atoms with van der Waals surface area (Å²) in [7, 11) is 0. The molecule has 0 saturated carbocycles. The third-order valence-electron chi connectivity index (χ3n) is 2.96. The zero-order valence-corrected chi connectivity index (χ0v) is 13.4. The van der Waals surface area contributed by atoms with Crippen LogP contribution in [0.25, 0.3) is 10.6 Å². The Bertz CT molecular complexity index is 769. The van der Waals surface area contributed by atoms with Crippen LogP contribution in [0.1, 0.15) is 16.1 Å². The topological polar surface area (TPSA) is 68.0 Å². The van der Waals surface area contributed by atoms with Gasteiger partial charge in [0, 0.05) is 12.3 Å². The van der Waals surface area contributed by atoms with E-state index in [1.807, 2.05) is 29.8 Å². The molecule has 0 aliphatic heterocycles. The highest BCUT2D eigenvalue weighted by Crippen LogP contribution is 2.25. The van der Waals surface area contributed by atoms with Gasteiger partial charge in [-0.25, -0.2) is 4.98 Å². The van der Waals surface area contributed by atoms with Crippen molar-refractivity contribution in [1.29, 1.82) is 0 Å². The molecule has 1 N–H and O–H groups in total. The fraction of sp³-hybridized carbons (Fsp3) is 0.133. The molecule has 1 amide bonds. The number of hydrogen-bond acceptors (Lipinski definition) is 6. The molecule has 3 aromatic rings. The number of amides is 1. The van der Waals surface area contributed by atoms with Gasteiger partial charge in [-0.05, 0) is 29.8 Å². The normalized spacial score (nSPS) is 10.6. The Balaban J connectivity index is 1.66. The van der Waals surface area contributed by atoms with Gasteiger partial charge in [-0.15, -0.1) is 23.1 Å². The number of pyridine rings is 1. The minimum atomic E-state index is -0.168. The third-order valence-corrected chi connectivity index (χ3v) is 4.56. The summed E-state index contributed by atoms with van der Waals surface area (Å²) in [6.07, 6.45) is 3.57. The highest BCUT2D eigenvalue weighted by molar-refractivity contribution is 7.98. The van der Waals surface area contributed by atoms with Crippen molar-refractivity contribution in [2.45, 2.75) is 11.6 Å². The van der Waals surface area contributed by atoms with Gasteiger partial charge in [0.05, 0.1) is 17.0 Å². The summed E-state index contributed by atoms with van der Waals surface area (Å²) < 4.78 is 5.28. The zero-order chi connectivity index (χ0) is 15.4. The van der Waals surface area contributed by atoms with Crippen molar-refractivity contribution in [1.82, 2.24) is 15.5 Å². The second-order valence-corrected chi connectivity index (χ2v) is 6.15. The summed E-state index contributed by atoms with van der Waals surface area (Å²) in [6.45, 7) is 0.316. The van der Waals surface area contributed by atoms with Crippen LogP contribution in [0.4, 0.5) is 0 Å². The summed E-state index contributed by atoms with van der Waals surface area (Å²) in [5.41, 5.74) is 1.25. The number of thioether (sulfide) groups is 1. The van der Waals surface area contributed by atoms with Gasteiger partial charge in [0.15, 0.2) is 5.76 Å². The van der Waals surface area contributed by atoms with Crippen LogP contribution in [0.3, 0.4) is 0 Å². The van der Waals surface area contributed by atoms with Gasteiger partial charge in [0.2, 0.25) is 0 Å². The molecule has 5 nitrogen and oxygen atoms in total. The molecule has 0 radical (unpaired) electrons. The van der Waals surface area contributed by atoms with Crippen LogP contribution in [-0.4, -0.2) is 22.3 Å². The monoisotopic (exact) mass is 331 g/mol. The van der Waals surface area contributed by atoms with Gasteiger partial charge in [-0.3, -0.25) is 4.79 Å². The molecule has 3 rings (SSSR count). The average Bonchev–Trinajstić information content (AvgIpc) is 3.23. The minimum Gasteiger partial charge on any atom is -0.355 e. The molecule has 0 saturated heterocycles. The van der Waals surface area contributed by atoms with Crippen molar-refractivity contribution in [3.8, 4) is 10.6 Å². The molecule has 0 aromatic carbocycles. The Hall–Kier alpha value is -2.12. The molecule has 3 heterocycles. The molecule has 0 bridgehead atoms. The zero-order valence-electron chi connectivity index (χ0n) is 11.8. The summed E-state index contributed by atoms with van der Waals surface area (Å²) >= 11 is 3.03. The Morgan fingerprint density at radius 3 is 3.09 bits per heavy atom. The maximum absolute atomic E-state index is 12.2. The quantitative estimate of drug-likeness (QED) is 0.725. The predicted molar refractivity (Wildman–Crippen MR) is 87.0 cm³/mol. The molecule has 0 atom stereocenters. The van der Waals surface area contributed by atoms with E-state index in [9.17, 15) is 4.79 Å². The van der Waals surface area contributed by atoms with E-state index in [-0.39, 0.29) is 5.91 Å². The first-order chi connectivity index (χ1) is 10.8. The number of thiophene rings is 1. The van der Waals surface area contributed by atoms with Crippen molar-refractivity contribution in [2.24, 2.45) is 0 Å². The minimum absolute atomic E-state index is 0.168. The highest BCUT2D eigenvalue weighted by Gasteiger charge is 2.13. The fourth-order valence-corrected chi connectivity index (χ4v) is 3.14. The number of hydrogen-bond donors (Lipinski definition) is 1. The largest absolute Gasteiger partial charge is 0.355 e. The van der Waals surface area contributed by atoms with Crippen LogP contribution < -0.4 is 5.32 Å². The van der Waals surface area contributed by atoms with Crippen LogP contribution >= 0.6 is 23.1 Å². The van der Waals surface area contributed by atoms with Gasteiger partial charge in [-0.1, -0.05) is 11.2 Å². The number of rotatable bonds is 5. The van der Waals surface area contributed by atoms with E-state index in [0.29, 0.717) is 28.6 Å². The lowest BCUT2D eigenvalue weighted by molar-refractivity contribution is 0.0946. The van der Waals surface area contributed by atoms with Gasteiger partial charge in [-0.2, -0.15) is 0 Å². The molecule has 0 aliphatic carbocycles. The van der Waals surface area contributed by atoms with Crippen LogP contribution in [0.5, 0.6) is 0 Å². The van der Waals surface area contributed by atoms with E-state index in [4.69, 9.17) is 4.52 Å². The number of aromatic nitrogens is 2. The smallest absolute Gasteiger partial charge is 0.254 e. The first-order valence-electron chi connectivity index (χ1n) is 6.54. The summed E-state index contributed by atoms with van der Waals surface area (Å²) in [5.74, 6) is 0.545. The molecule has 0 aliphatic rings. The first-order valence-corrected chi connectivity index (χ1v) is 8.65. The summed E-state index contributed by atoms with van der Waals surface area (Å²) in [5, 5.41) is 9.50. The molecule has 3 aromatic heterocycles. The molecular weight excluding hydrogens is 318 g/mol. The van der Waals surface area contributed by atoms with E-state index in [0.717, 1.165) is 4.88 Å². The van der Waals surface area contributed by atoms with Crippen LogP contribution in [0.15, 0.2) is 51.5 Å². The SMILES string of the molecule is CSc1ncccc1C(=O)NCc1cc(-c2cccs2)on1. The maximum atomic E-state index is 12.2. The highest BCUT2D eigenvalue weighted by atomic mass is 32.2. The van der Waals surface area contributed by atoms with Gasteiger partial charge in [0.25, 0.3) is 5.91 Å². The molecule has 112 valence electrons. The second-order valence-electron chi connectivity index (χ2n) is 4.40. The maximum Gasteiger partial charge on any atom is 0.254 e. The van der Waals surface area contributed by atoms with Crippen molar-refractivity contribution < 1.29 is 9.32 Å². The van der Waals surface area contributed by atoms with Crippen molar-refractivity contribution in [3.63, 3.8) is 0 Å². The summed E-state index contributed by atoms with van der Waals surface area (Å²) in [6, 6.07) is 9.27. The number of nitrogens with one attached hydrogen (secondary N) is 1. The van der Waals surface area contributed by atoms with Crippen LogP contribution in [0, 0.1) is 0 Å². The Labute approximate surface area is 135 Å². The van der Waals surface area contributed by atoms with E-state index < -0.39 is 0 Å². The summed E-state index contributed by atoms with van der Waals surface area (Å²) in [4.78, 5) is 17.4. The molecule has 0 unspecified atom stereocenters. The first kappa shape index (κ1) is 14.8. The Morgan fingerprint density at radius 2 is 2.32 bits per heavy atom. The van der Waals surface area contributed by atoms with Crippen molar-refractivity contribution >= 4 is 29.0 Å². The van der Waals surface area contributed by atoms with Gasteiger partial charge in [0.1, 0.15) is 10.7 Å². The molecule has 7 heteroatoms. The molecule has 22 heavy (non-hydrogen) atoms. The number of nitrogens with zero attached hydrogens (tertiary/aromatic N) is 2. The van der Waals surface area contributed by atoms with Crippen molar-refractivity contribution in [2.75, 3.05) is 6.26 Å². The van der Waals surface area contributed by atoms with Crippen LogP contribution in [0.2, 0.25) is 0 Å². The Kier molecular flexibility index (Phi) is 4.55. The fourth-order valence-electron chi connectivity index (χ4n) is 1.92. The third kappa shape index (κ3) is 3.20. The van der Waals surface area contributed by atoms with E-state index >= 15 is 0 Å².